The summed E-state index contributed by atoms with van der Waals surface area (Å²) in [6.45, 7) is 12.9. The van der Waals surface area contributed by atoms with Crippen molar-refractivity contribution in [3.8, 4) is 0 Å². The van der Waals surface area contributed by atoms with Crippen molar-refractivity contribution in [3.63, 3.8) is 0 Å². The van der Waals surface area contributed by atoms with Crippen molar-refractivity contribution in [2.75, 3.05) is 30.4 Å². The SMILES string of the molecule is C=CC.CCCC(CC)Nc1ccccc1.CNC[C@H]1Cc2ccccc2N(C(=O)c2c(C)cccc2F)C1. The van der Waals surface area contributed by atoms with E-state index in [0.29, 0.717) is 24.1 Å². The average molecular weight is 532 g/mol. The quantitative estimate of drug-likeness (QED) is 0.289. The van der Waals surface area contributed by atoms with Gasteiger partial charge in [-0.3, -0.25) is 4.79 Å². The molecule has 39 heavy (non-hydrogen) atoms. The molecule has 2 atom stereocenters. The Morgan fingerprint density at radius 2 is 1.74 bits per heavy atom. The number of anilines is 2. The summed E-state index contributed by atoms with van der Waals surface area (Å²) in [7, 11) is 1.91. The maximum absolute atomic E-state index is 14.2. The predicted octanol–water partition coefficient (Wildman–Crippen LogP) is 8.04. The Morgan fingerprint density at radius 1 is 1.08 bits per heavy atom. The summed E-state index contributed by atoms with van der Waals surface area (Å²) in [5, 5.41) is 6.71. The van der Waals surface area contributed by atoms with Crippen LogP contribution in [0.3, 0.4) is 0 Å². The molecule has 1 heterocycles. The van der Waals surface area contributed by atoms with E-state index >= 15 is 0 Å². The smallest absolute Gasteiger partial charge is 0.261 e. The highest BCUT2D eigenvalue weighted by molar-refractivity contribution is 6.07. The van der Waals surface area contributed by atoms with Crippen LogP contribution >= 0.6 is 0 Å². The molecule has 0 aliphatic carbocycles. The zero-order valence-electron chi connectivity index (χ0n) is 24.3. The molecule has 2 N–H and O–H groups in total. The largest absolute Gasteiger partial charge is 0.382 e. The summed E-state index contributed by atoms with van der Waals surface area (Å²) in [4.78, 5) is 14.7. The molecule has 1 unspecified atom stereocenters. The standard InChI is InChI=1S/C19H21FN2O.C12H19N.C3H6/c1-13-6-5-8-16(20)18(13)19(23)22-12-14(11-21-2)10-15-7-3-4-9-17(15)22;1-3-8-11(4-2)13-12-9-6-5-7-10-12;1-3-2/h3-9,14,21H,10-12H2,1-2H3;5-7,9-11,13H,3-4,8H2,1-2H3;3H,1H2,2H3/t14-;;/m1../s1. The number of halogens is 1. The molecule has 3 aromatic carbocycles. The Hall–Kier alpha value is -3.44. The van der Waals surface area contributed by atoms with Crippen molar-refractivity contribution in [3.05, 3.63) is 108 Å². The first-order chi connectivity index (χ1) is 18.9. The molecule has 0 saturated heterocycles. The number of carbonyl (C=O) groups excluding carboxylic acids is 1. The molecular formula is C34H46FN3O. The van der Waals surface area contributed by atoms with Crippen LogP contribution < -0.4 is 15.5 Å². The summed E-state index contributed by atoms with van der Waals surface area (Å²) in [6.07, 6.45) is 6.38. The number of fused-ring (bicyclic) bond motifs is 1. The van der Waals surface area contributed by atoms with Gasteiger partial charge in [-0.05, 0) is 88.0 Å². The summed E-state index contributed by atoms with van der Waals surface area (Å²) >= 11 is 0. The fourth-order valence-electron chi connectivity index (χ4n) is 4.83. The van der Waals surface area contributed by atoms with E-state index in [4.69, 9.17) is 0 Å². The Bertz CT molecular complexity index is 1130. The van der Waals surface area contributed by atoms with Gasteiger partial charge in [-0.1, -0.05) is 74.9 Å². The van der Waals surface area contributed by atoms with E-state index in [1.54, 1.807) is 30.0 Å². The highest BCUT2D eigenvalue weighted by atomic mass is 19.1. The number of hydrogen-bond donors (Lipinski definition) is 2. The number of nitrogens with zero attached hydrogens (tertiary/aromatic N) is 1. The summed E-state index contributed by atoms with van der Waals surface area (Å²) in [5.74, 6) is -0.386. The fraction of sp³-hybridized carbons (Fsp3) is 0.382. The van der Waals surface area contributed by atoms with Gasteiger partial charge in [-0.15, -0.1) is 6.58 Å². The van der Waals surface area contributed by atoms with Gasteiger partial charge in [0, 0.05) is 24.0 Å². The van der Waals surface area contributed by atoms with Crippen LogP contribution in [0.5, 0.6) is 0 Å². The Kier molecular flexibility index (Phi) is 14.0. The number of aryl methyl sites for hydroxylation is 1. The molecule has 1 aliphatic rings. The number of para-hydroxylation sites is 2. The third kappa shape index (κ3) is 9.67. The van der Waals surface area contributed by atoms with Crippen LogP contribution in [0.15, 0.2) is 85.5 Å². The minimum Gasteiger partial charge on any atom is -0.382 e. The van der Waals surface area contributed by atoms with E-state index in [-0.39, 0.29) is 11.5 Å². The Balaban J connectivity index is 0.000000282. The minimum atomic E-state index is -0.455. The topological polar surface area (TPSA) is 44.4 Å². The van der Waals surface area contributed by atoms with E-state index in [0.717, 1.165) is 24.2 Å². The monoisotopic (exact) mass is 531 g/mol. The molecule has 0 aromatic heterocycles. The first-order valence-corrected chi connectivity index (χ1v) is 14.1. The molecule has 5 heteroatoms. The maximum atomic E-state index is 14.2. The summed E-state index contributed by atoms with van der Waals surface area (Å²) < 4.78 is 14.2. The third-order valence-electron chi connectivity index (χ3n) is 6.68. The lowest BCUT2D eigenvalue weighted by Gasteiger charge is -2.35. The lowest BCUT2D eigenvalue weighted by atomic mass is 9.91. The van der Waals surface area contributed by atoms with Crippen molar-refractivity contribution in [1.82, 2.24) is 5.32 Å². The van der Waals surface area contributed by atoms with Crippen LogP contribution in [-0.2, 0) is 6.42 Å². The van der Waals surface area contributed by atoms with Crippen LogP contribution in [0.25, 0.3) is 0 Å². The molecule has 0 spiro atoms. The van der Waals surface area contributed by atoms with E-state index in [2.05, 4.69) is 55.3 Å². The highest BCUT2D eigenvalue weighted by Crippen LogP contribution is 2.31. The van der Waals surface area contributed by atoms with Gasteiger partial charge in [0.05, 0.1) is 5.56 Å². The van der Waals surface area contributed by atoms with Gasteiger partial charge in [-0.2, -0.15) is 0 Å². The second kappa shape index (κ2) is 17.2. The molecule has 0 saturated carbocycles. The van der Waals surface area contributed by atoms with Crippen LogP contribution in [0, 0.1) is 18.7 Å². The van der Waals surface area contributed by atoms with Gasteiger partial charge >= 0.3 is 0 Å². The van der Waals surface area contributed by atoms with E-state index < -0.39 is 5.82 Å². The number of amides is 1. The second-order valence-corrected chi connectivity index (χ2v) is 9.92. The number of benzene rings is 3. The summed E-state index contributed by atoms with van der Waals surface area (Å²) in [6, 6.07) is 23.7. The number of allylic oxidation sites excluding steroid dienone is 1. The van der Waals surface area contributed by atoms with E-state index in [1.165, 1.54) is 31.0 Å². The molecule has 0 bridgehead atoms. The zero-order valence-corrected chi connectivity index (χ0v) is 24.3. The normalized spacial score (nSPS) is 14.5. The fourth-order valence-corrected chi connectivity index (χ4v) is 4.83. The van der Waals surface area contributed by atoms with Crippen LogP contribution in [0.2, 0.25) is 0 Å². The zero-order chi connectivity index (χ0) is 28.6. The van der Waals surface area contributed by atoms with Crippen molar-refractivity contribution in [2.24, 2.45) is 5.92 Å². The molecular weight excluding hydrogens is 485 g/mol. The van der Waals surface area contributed by atoms with Crippen molar-refractivity contribution in [2.45, 2.75) is 59.4 Å². The maximum Gasteiger partial charge on any atom is 0.261 e. The lowest BCUT2D eigenvalue weighted by molar-refractivity contribution is 0.0975. The van der Waals surface area contributed by atoms with Crippen molar-refractivity contribution < 1.29 is 9.18 Å². The van der Waals surface area contributed by atoms with Crippen LogP contribution in [-0.4, -0.2) is 32.1 Å². The van der Waals surface area contributed by atoms with E-state index in [1.807, 2.05) is 44.3 Å². The summed E-state index contributed by atoms with van der Waals surface area (Å²) in [5.41, 5.74) is 4.12. The van der Waals surface area contributed by atoms with Crippen LogP contribution in [0.4, 0.5) is 15.8 Å². The molecule has 1 amide bonds. The molecule has 210 valence electrons. The number of nitrogens with one attached hydrogen (secondary N) is 2. The van der Waals surface area contributed by atoms with Gasteiger partial charge in [0.25, 0.3) is 5.91 Å². The van der Waals surface area contributed by atoms with E-state index in [9.17, 15) is 9.18 Å². The lowest BCUT2D eigenvalue weighted by Crippen LogP contribution is -2.43. The molecule has 4 rings (SSSR count). The number of rotatable bonds is 8. The van der Waals surface area contributed by atoms with Crippen LogP contribution in [0.1, 0.15) is 61.5 Å². The highest BCUT2D eigenvalue weighted by Gasteiger charge is 2.30. The van der Waals surface area contributed by atoms with Gasteiger partial charge in [0.2, 0.25) is 0 Å². The molecule has 4 nitrogen and oxygen atoms in total. The molecule has 0 fully saturated rings. The van der Waals surface area contributed by atoms with Gasteiger partial charge < -0.3 is 15.5 Å². The average Bonchev–Trinajstić information content (AvgIpc) is 2.94. The Morgan fingerprint density at radius 3 is 2.36 bits per heavy atom. The first-order valence-electron chi connectivity index (χ1n) is 14.1. The second-order valence-electron chi connectivity index (χ2n) is 9.92. The minimum absolute atomic E-state index is 0.174. The van der Waals surface area contributed by atoms with Crippen molar-refractivity contribution >= 4 is 17.3 Å². The molecule has 0 radical (unpaired) electrons. The third-order valence-corrected chi connectivity index (χ3v) is 6.68. The van der Waals surface area contributed by atoms with Gasteiger partial charge in [-0.25, -0.2) is 4.39 Å². The van der Waals surface area contributed by atoms with Gasteiger partial charge in [0.1, 0.15) is 5.82 Å². The Labute approximate surface area is 235 Å². The molecule has 3 aromatic rings. The predicted molar refractivity (Wildman–Crippen MR) is 165 cm³/mol. The molecule has 1 aliphatic heterocycles. The number of hydrogen-bond acceptors (Lipinski definition) is 3. The number of carbonyl (C=O) groups is 1. The first kappa shape index (κ1) is 31.8. The van der Waals surface area contributed by atoms with Crippen molar-refractivity contribution in [1.29, 1.82) is 0 Å². The van der Waals surface area contributed by atoms with Gasteiger partial charge in [0.15, 0.2) is 0 Å².